The van der Waals surface area contributed by atoms with Gasteiger partial charge in [-0.05, 0) is 6.07 Å². The second kappa shape index (κ2) is 3.87. The molecule has 76 valence electrons. The number of carboxylic acid groups (broad SMARTS) is 1. The molecule has 0 unspecified atom stereocenters. The van der Waals surface area contributed by atoms with Gasteiger partial charge < -0.3 is 5.11 Å². The summed E-state index contributed by atoms with van der Waals surface area (Å²) in [4.78, 5) is 18.4. The fourth-order valence-electron chi connectivity index (χ4n) is 1.14. The van der Waals surface area contributed by atoms with E-state index in [4.69, 9.17) is 5.11 Å². The number of hydrogen-bond donors (Lipinski definition) is 1. The molecule has 0 aliphatic heterocycles. The number of carboxylic acids is 1. The van der Waals surface area contributed by atoms with Gasteiger partial charge in [-0.3, -0.25) is 4.79 Å². The quantitative estimate of drug-likeness (QED) is 0.777. The zero-order valence-electron chi connectivity index (χ0n) is 7.74. The molecule has 2 aromatic rings. The van der Waals surface area contributed by atoms with E-state index in [9.17, 15) is 4.79 Å². The molecule has 0 bridgehead atoms. The Morgan fingerprint density at radius 1 is 1.40 bits per heavy atom. The van der Waals surface area contributed by atoms with Crippen molar-refractivity contribution in [3.05, 3.63) is 36.4 Å². The number of carbonyl (C=O) groups is 1. The van der Waals surface area contributed by atoms with Crippen molar-refractivity contribution in [1.29, 1.82) is 0 Å². The summed E-state index contributed by atoms with van der Waals surface area (Å²) in [6.07, 6.45) is 6.24. The molecule has 0 fully saturated rings. The van der Waals surface area contributed by atoms with Crippen molar-refractivity contribution in [2.45, 2.75) is 6.42 Å². The van der Waals surface area contributed by atoms with Crippen LogP contribution in [0, 0.1) is 0 Å². The summed E-state index contributed by atoms with van der Waals surface area (Å²) in [6, 6.07) is 1.70. The van der Waals surface area contributed by atoms with Gasteiger partial charge in [0.15, 0.2) is 0 Å². The van der Waals surface area contributed by atoms with E-state index in [2.05, 4.69) is 15.1 Å². The van der Waals surface area contributed by atoms with Crippen LogP contribution in [0.2, 0.25) is 0 Å². The van der Waals surface area contributed by atoms with Gasteiger partial charge in [0.1, 0.15) is 0 Å². The van der Waals surface area contributed by atoms with Crippen molar-refractivity contribution in [1.82, 2.24) is 19.7 Å². The molecule has 2 heterocycles. The van der Waals surface area contributed by atoms with Gasteiger partial charge in [-0.25, -0.2) is 14.6 Å². The zero-order chi connectivity index (χ0) is 10.7. The molecular formula is C9H8N4O2. The maximum atomic E-state index is 10.4. The highest BCUT2D eigenvalue weighted by atomic mass is 16.4. The van der Waals surface area contributed by atoms with E-state index in [0.717, 1.165) is 0 Å². The Bertz CT molecular complexity index is 466. The van der Waals surface area contributed by atoms with Crippen LogP contribution >= 0.6 is 0 Å². The van der Waals surface area contributed by atoms with Gasteiger partial charge in [-0.2, -0.15) is 5.10 Å². The molecule has 0 aliphatic carbocycles. The first-order valence-corrected chi connectivity index (χ1v) is 4.28. The minimum absolute atomic E-state index is 0.0488. The molecular weight excluding hydrogens is 196 g/mol. The third kappa shape index (κ3) is 2.16. The smallest absolute Gasteiger partial charge is 0.307 e. The van der Waals surface area contributed by atoms with Gasteiger partial charge in [0.25, 0.3) is 0 Å². The standard InChI is InChI=1S/C9H8N4O2/c14-8(15)4-7-5-12-13(6-7)9-10-2-1-3-11-9/h1-3,5-6H,4H2,(H,14,15). The minimum Gasteiger partial charge on any atom is -0.481 e. The van der Waals surface area contributed by atoms with Crippen molar-refractivity contribution in [2.24, 2.45) is 0 Å². The van der Waals surface area contributed by atoms with Gasteiger partial charge in [-0.1, -0.05) is 0 Å². The lowest BCUT2D eigenvalue weighted by atomic mass is 10.3. The Morgan fingerprint density at radius 2 is 2.13 bits per heavy atom. The lowest BCUT2D eigenvalue weighted by Gasteiger charge is -1.95. The zero-order valence-corrected chi connectivity index (χ0v) is 7.74. The van der Waals surface area contributed by atoms with Crippen LogP contribution in [-0.2, 0) is 11.2 Å². The Labute approximate surface area is 85.2 Å². The van der Waals surface area contributed by atoms with Crippen LogP contribution in [0.3, 0.4) is 0 Å². The highest BCUT2D eigenvalue weighted by Crippen LogP contribution is 2.02. The molecule has 6 heteroatoms. The van der Waals surface area contributed by atoms with E-state index < -0.39 is 5.97 Å². The predicted molar refractivity (Wildman–Crippen MR) is 50.5 cm³/mol. The molecule has 1 N–H and O–H groups in total. The first kappa shape index (κ1) is 9.32. The molecule has 0 amide bonds. The highest BCUT2D eigenvalue weighted by molar-refractivity contribution is 5.69. The van der Waals surface area contributed by atoms with Crippen molar-refractivity contribution < 1.29 is 9.90 Å². The lowest BCUT2D eigenvalue weighted by molar-refractivity contribution is -0.136. The van der Waals surface area contributed by atoms with Gasteiger partial charge in [0.05, 0.1) is 12.6 Å². The Hall–Kier alpha value is -2.24. The highest BCUT2D eigenvalue weighted by Gasteiger charge is 2.05. The first-order valence-electron chi connectivity index (χ1n) is 4.28. The summed E-state index contributed by atoms with van der Waals surface area (Å²) in [5, 5.41) is 12.5. The third-order valence-corrected chi connectivity index (χ3v) is 1.75. The number of aliphatic carboxylic acids is 1. The summed E-state index contributed by atoms with van der Waals surface area (Å²) in [7, 11) is 0. The van der Waals surface area contributed by atoms with E-state index in [1.54, 1.807) is 24.7 Å². The van der Waals surface area contributed by atoms with Gasteiger partial charge in [0, 0.05) is 24.2 Å². The van der Waals surface area contributed by atoms with Crippen molar-refractivity contribution >= 4 is 5.97 Å². The second-order valence-electron chi connectivity index (χ2n) is 2.91. The molecule has 0 saturated carbocycles. The van der Waals surface area contributed by atoms with E-state index in [0.29, 0.717) is 11.5 Å². The van der Waals surface area contributed by atoms with Crippen LogP contribution in [0.1, 0.15) is 5.56 Å². The topological polar surface area (TPSA) is 80.9 Å². The van der Waals surface area contributed by atoms with Crippen LogP contribution in [0.25, 0.3) is 5.95 Å². The Kier molecular flexibility index (Phi) is 2.40. The van der Waals surface area contributed by atoms with E-state index in [1.165, 1.54) is 10.9 Å². The second-order valence-corrected chi connectivity index (χ2v) is 2.91. The number of aromatic nitrogens is 4. The van der Waals surface area contributed by atoms with E-state index in [1.807, 2.05) is 0 Å². The van der Waals surface area contributed by atoms with Crippen LogP contribution < -0.4 is 0 Å². The molecule has 2 aromatic heterocycles. The fourth-order valence-corrected chi connectivity index (χ4v) is 1.14. The summed E-state index contributed by atoms with van der Waals surface area (Å²) < 4.78 is 1.44. The molecule has 0 atom stereocenters. The Balaban J connectivity index is 2.24. The molecule has 0 radical (unpaired) electrons. The molecule has 0 aliphatic rings. The van der Waals surface area contributed by atoms with Crippen LogP contribution in [0.5, 0.6) is 0 Å². The summed E-state index contributed by atoms with van der Waals surface area (Å²) in [6.45, 7) is 0. The van der Waals surface area contributed by atoms with Crippen LogP contribution in [0.15, 0.2) is 30.9 Å². The van der Waals surface area contributed by atoms with Gasteiger partial charge in [-0.15, -0.1) is 0 Å². The normalized spacial score (nSPS) is 10.1. The van der Waals surface area contributed by atoms with Crippen LogP contribution in [-0.4, -0.2) is 30.8 Å². The summed E-state index contributed by atoms with van der Waals surface area (Å²) in [5.74, 6) is -0.460. The number of hydrogen-bond acceptors (Lipinski definition) is 4. The molecule has 6 nitrogen and oxygen atoms in total. The maximum absolute atomic E-state index is 10.4. The SMILES string of the molecule is O=C(O)Cc1cnn(-c2ncccn2)c1. The molecule has 0 aromatic carbocycles. The predicted octanol–water partition coefficient (Wildman–Crippen LogP) is 0.289. The van der Waals surface area contributed by atoms with Crippen molar-refractivity contribution in [2.75, 3.05) is 0 Å². The largest absolute Gasteiger partial charge is 0.481 e. The summed E-state index contributed by atoms with van der Waals surface area (Å²) in [5.41, 5.74) is 0.620. The Morgan fingerprint density at radius 3 is 2.80 bits per heavy atom. The maximum Gasteiger partial charge on any atom is 0.307 e. The average Bonchev–Trinajstić information content (AvgIpc) is 2.67. The summed E-state index contributed by atoms with van der Waals surface area (Å²) >= 11 is 0. The lowest BCUT2D eigenvalue weighted by Crippen LogP contribution is -2.01. The van der Waals surface area contributed by atoms with Crippen LogP contribution in [0.4, 0.5) is 0 Å². The molecule has 2 rings (SSSR count). The molecule has 0 spiro atoms. The van der Waals surface area contributed by atoms with Crippen molar-refractivity contribution in [3.8, 4) is 5.95 Å². The minimum atomic E-state index is -0.886. The molecule has 0 saturated heterocycles. The fraction of sp³-hybridized carbons (Fsp3) is 0.111. The number of rotatable bonds is 3. The average molecular weight is 204 g/mol. The van der Waals surface area contributed by atoms with Gasteiger partial charge >= 0.3 is 5.97 Å². The van der Waals surface area contributed by atoms with Gasteiger partial charge in [0.2, 0.25) is 5.95 Å². The van der Waals surface area contributed by atoms with Crippen molar-refractivity contribution in [3.63, 3.8) is 0 Å². The monoisotopic (exact) mass is 204 g/mol. The molecule has 15 heavy (non-hydrogen) atoms. The third-order valence-electron chi connectivity index (χ3n) is 1.75. The van der Waals surface area contributed by atoms with E-state index >= 15 is 0 Å². The number of nitrogens with zero attached hydrogens (tertiary/aromatic N) is 4. The van der Waals surface area contributed by atoms with E-state index in [-0.39, 0.29) is 6.42 Å². The first-order chi connectivity index (χ1) is 7.25.